The highest BCUT2D eigenvalue weighted by atomic mass is 33.1. The molecule has 0 saturated heterocycles. The van der Waals surface area contributed by atoms with Crippen molar-refractivity contribution in [1.82, 2.24) is 9.80 Å². The van der Waals surface area contributed by atoms with Crippen molar-refractivity contribution in [1.29, 1.82) is 0 Å². The summed E-state index contributed by atoms with van der Waals surface area (Å²) in [6, 6.07) is 14.4. The Balaban J connectivity index is 1.28. The number of rotatable bonds is 13. The molecule has 0 spiro atoms. The van der Waals surface area contributed by atoms with Crippen LogP contribution in [0.25, 0.3) is 0 Å². The third-order valence-corrected chi connectivity index (χ3v) is 10.6. The molecule has 2 unspecified atom stereocenters. The minimum Gasteiger partial charge on any atom is -0.300 e. The fourth-order valence-corrected chi connectivity index (χ4v) is 8.39. The third kappa shape index (κ3) is 5.35. The maximum Gasteiger partial charge on any atom is 0.184 e. The van der Waals surface area contributed by atoms with Crippen LogP contribution in [0.5, 0.6) is 0 Å². The Labute approximate surface area is 215 Å². The summed E-state index contributed by atoms with van der Waals surface area (Å²) in [5, 5.41) is 0. The molecule has 2 heterocycles. The van der Waals surface area contributed by atoms with Crippen LogP contribution in [0.1, 0.15) is 49.9 Å². The largest absolute Gasteiger partial charge is 0.300 e. The van der Waals surface area contributed by atoms with Crippen LogP contribution in [-0.4, -0.2) is 61.6 Å². The normalized spacial score (nSPS) is 19.9. The Kier molecular flexibility index (Phi) is 8.33. The van der Waals surface area contributed by atoms with E-state index in [1.54, 1.807) is 0 Å². The zero-order valence-corrected chi connectivity index (χ0v) is 23.7. The monoisotopic (exact) mass is 500 g/mol. The summed E-state index contributed by atoms with van der Waals surface area (Å²) < 4.78 is 5.10. The second-order valence-electron chi connectivity index (χ2n) is 10.8. The number of hydrogen-bond donors (Lipinski definition) is 0. The van der Waals surface area contributed by atoms with E-state index in [4.69, 9.17) is 0 Å². The number of likely N-dealkylation sites (N-methyl/N-ethyl adjacent to an activating group) is 2. The van der Waals surface area contributed by atoms with Crippen LogP contribution in [0, 0.1) is 13.8 Å². The Bertz CT molecular complexity index is 875. The van der Waals surface area contributed by atoms with Gasteiger partial charge in [0.1, 0.15) is 0 Å². The molecular formula is C28H44N4S2+2. The summed E-state index contributed by atoms with van der Waals surface area (Å²) in [6.07, 6.45) is 12.3. The average Bonchev–Trinajstić information content (AvgIpc) is 3.72. The minimum atomic E-state index is 0.291. The Morgan fingerprint density at radius 3 is 1.38 bits per heavy atom. The molecule has 2 aliphatic carbocycles. The van der Waals surface area contributed by atoms with E-state index in [2.05, 4.69) is 131 Å². The third-order valence-electron chi connectivity index (χ3n) is 8.13. The van der Waals surface area contributed by atoms with Gasteiger partial charge in [0.15, 0.2) is 34.9 Å². The second-order valence-corrected chi connectivity index (χ2v) is 13.5. The lowest BCUT2D eigenvalue weighted by molar-refractivity contribution is -0.750. The van der Waals surface area contributed by atoms with Gasteiger partial charge in [-0.3, -0.25) is 0 Å². The van der Waals surface area contributed by atoms with Crippen LogP contribution in [0.4, 0.5) is 0 Å². The fraction of sp³-hybridized carbons (Fsp3) is 0.643. The highest BCUT2D eigenvalue weighted by molar-refractivity contribution is 8.76. The molecule has 4 nitrogen and oxygen atoms in total. The van der Waals surface area contributed by atoms with E-state index in [9.17, 15) is 0 Å². The van der Waals surface area contributed by atoms with Crippen molar-refractivity contribution in [2.45, 2.75) is 75.5 Å². The van der Waals surface area contributed by atoms with Gasteiger partial charge in [0.25, 0.3) is 0 Å². The van der Waals surface area contributed by atoms with Crippen molar-refractivity contribution in [3.63, 3.8) is 0 Å². The van der Waals surface area contributed by atoms with Crippen molar-refractivity contribution < 1.29 is 9.13 Å². The second kappa shape index (κ2) is 10.9. The Morgan fingerprint density at radius 2 is 1.09 bits per heavy atom. The molecule has 186 valence electrons. The number of nitrogens with zero attached hydrogens (tertiary/aromatic N) is 4. The minimum absolute atomic E-state index is 0.291. The summed E-state index contributed by atoms with van der Waals surface area (Å²) in [5.74, 6) is 2.43. The van der Waals surface area contributed by atoms with Crippen molar-refractivity contribution in [2.24, 2.45) is 0 Å². The van der Waals surface area contributed by atoms with Crippen molar-refractivity contribution in [2.75, 3.05) is 39.7 Å². The average molecular weight is 501 g/mol. The molecule has 2 aromatic heterocycles. The van der Waals surface area contributed by atoms with Gasteiger partial charge in [0.05, 0.1) is 12.1 Å². The first-order valence-corrected chi connectivity index (χ1v) is 15.3. The fourth-order valence-electron chi connectivity index (χ4n) is 6.23. The topological polar surface area (TPSA) is 14.2 Å². The SMILES string of the molecule is Cc1cccc[n+]1C1(C(CCSSCCC(N(C)C)C2([n+]3ccccc3C)CC2)N(C)C)CC1. The number of hydrogen-bond acceptors (Lipinski definition) is 4. The van der Waals surface area contributed by atoms with E-state index in [0.29, 0.717) is 23.2 Å². The van der Waals surface area contributed by atoms with Crippen LogP contribution in [0.3, 0.4) is 0 Å². The molecule has 0 radical (unpaired) electrons. The molecule has 4 rings (SSSR count). The number of pyridine rings is 2. The highest BCUT2D eigenvalue weighted by Gasteiger charge is 2.60. The van der Waals surface area contributed by atoms with Crippen molar-refractivity contribution in [3.8, 4) is 0 Å². The summed E-state index contributed by atoms with van der Waals surface area (Å²) in [7, 11) is 13.2. The molecule has 2 aromatic rings. The molecule has 2 aliphatic rings. The number of aryl methyl sites for hydroxylation is 2. The summed E-state index contributed by atoms with van der Waals surface area (Å²) in [6.45, 7) is 4.50. The first-order chi connectivity index (χ1) is 16.3. The van der Waals surface area contributed by atoms with Crippen LogP contribution in [0.15, 0.2) is 48.8 Å². The molecule has 0 bridgehead atoms. The van der Waals surface area contributed by atoms with Crippen LogP contribution < -0.4 is 9.13 Å². The van der Waals surface area contributed by atoms with Crippen molar-refractivity contribution >= 4 is 21.6 Å². The van der Waals surface area contributed by atoms with Crippen LogP contribution in [-0.2, 0) is 11.1 Å². The van der Waals surface area contributed by atoms with E-state index in [1.807, 2.05) is 0 Å². The molecule has 6 heteroatoms. The predicted octanol–water partition coefficient (Wildman–Crippen LogP) is 4.58. The van der Waals surface area contributed by atoms with Crippen LogP contribution in [0.2, 0.25) is 0 Å². The Morgan fingerprint density at radius 1 is 0.706 bits per heavy atom. The lowest BCUT2D eigenvalue weighted by atomic mass is 10.0. The summed E-state index contributed by atoms with van der Waals surface area (Å²) >= 11 is 0. The van der Waals surface area contributed by atoms with E-state index in [-0.39, 0.29) is 0 Å². The van der Waals surface area contributed by atoms with Gasteiger partial charge in [-0.05, 0) is 41.0 Å². The van der Waals surface area contributed by atoms with Gasteiger partial charge in [-0.1, -0.05) is 33.7 Å². The van der Waals surface area contributed by atoms with E-state index in [0.717, 1.165) is 0 Å². The molecule has 34 heavy (non-hydrogen) atoms. The van der Waals surface area contributed by atoms with Crippen molar-refractivity contribution in [3.05, 3.63) is 60.2 Å². The van der Waals surface area contributed by atoms with Gasteiger partial charge in [-0.15, -0.1) is 0 Å². The molecule has 2 fully saturated rings. The van der Waals surface area contributed by atoms with E-state index >= 15 is 0 Å². The number of aromatic nitrogens is 2. The van der Waals surface area contributed by atoms with Gasteiger partial charge < -0.3 is 9.80 Å². The van der Waals surface area contributed by atoms with E-state index in [1.165, 1.54) is 61.4 Å². The smallest absolute Gasteiger partial charge is 0.184 e. The summed E-state index contributed by atoms with van der Waals surface area (Å²) in [4.78, 5) is 4.94. The maximum absolute atomic E-state index is 2.55. The maximum atomic E-state index is 2.55. The lowest BCUT2D eigenvalue weighted by Gasteiger charge is -2.30. The lowest BCUT2D eigenvalue weighted by Crippen LogP contribution is -2.59. The molecule has 0 aromatic carbocycles. The Hall–Kier alpha value is -1.08. The van der Waals surface area contributed by atoms with Crippen LogP contribution >= 0.6 is 21.6 Å². The van der Waals surface area contributed by atoms with Gasteiger partial charge in [-0.25, -0.2) is 0 Å². The summed E-state index contributed by atoms with van der Waals surface area (Å²) in [5.41, 5.74) is 3.34. The molecule has 0 aliphatic heterocycles. The highest BCUT2D eigenvalue weighted by Crippen LogP contribution is 2.47. The molecular weight excluding hydrogens is 456 g/mol. The van der Waals surface area contributed by atoms with Gasteiger partial charge in [0, 0.05) is 75.3 Å². The predicted molar refractivity (Wildman–Crippen MR) is 146 cm³/mol. The zero-order chi connectivity index (χ0) is 24.3. The first kappa shape index (κ1) is 26.0. The first-order valence-electron chi connectivity index (χ1n) is 12.8. The molecule has 0 N–H and O–H groups in total. The molecule has 2 saturated carbocycles. The van der Waals surface area contributed by atoms with Gasteiger partial charge in [-0.2, -0.15) is 9.13 Å². The van der Waals surface area contributed by atoms with E-state index < -0.39 is 0 Å². The van der Waals surface area contributed by atoms with Gasteiger partial charge in [0.2, 0.25) is 0 Å². The molecule has 2 atom stereocenters. The standard InChI is InChI=1S/C28H44N4S2/c1-23-11-7-9-19-31(23)27(15-16-27)25(29(3)4)13-21-33-34-22-14-26(30(5)6)28(17-18-28)32-20-10-8-12-24(32)2/h7-12,19-20,25-26H,13-18,21-22H2,1-6H3/q+2. The zero-order valence-electron chi connectivity index (χ0n) is 22.0. The molecule has 0 amide bonds. The quantitative estimate of drug-likeness (QED) is 0.227. The van der Waals surface area contributed by atoms with Gasteiger partial charge >= 0.3 is 0 Å².